The molecule has 0 saturated carbocycles. The van der Waals surface area contributed by atoms with Crippen molar-refractivity contribution < 1.29 is 14.7 Å². The monoisotopic (exact) mass is 266 g/mol. The van der Waals surface area contributed by atoms with Crippen molar-refractivity contribution in [1.29, 1.82) is 0 Å². The minimum absolute atomic E-state index is 0.0615. The molecule has 7 heteroatoms. The summed E-state index contributed by atoms with van der Waals surface area (Å²) >= 11 is 2.64. The van der Waals surface area contributed by atoms with Crippen LogP contribution in [0.2, 0.25) is 0 Å². The zero-order valence-electron chi connectivity index (χ0n) is 8.36. The van der Waals surface area contributed by atoms with Gasteiger partial charge in [0.15, 0.2) is 0 Å². The second-order valence-electron chi connectivity index (χ2n) is 3.49. The van der Waals surface area contributed by atoms with E-state index in [0.717, 1.165) is 4.88 Å². The van der Waals surface area contributed by atoms with Crippen LogP contribution in [0.15, 0.2) is 28.9 Å². The van der Waals surface area contributed by atoms with Gasteiger partial charge >= 0.3 is 5.97 Å². The number of hydrogen-bond donors (Lipinski definition) is 1. The molecule has 17 heavy (non-hydrogen) atoms. The third kappa shape index (κ3) is 1.50. The Balaban J connectivity index is 1.87. The Bertz CT molecular complexity index is 562. The number of nitrogens with zero attached hydrogens (tertiary/aromatic N) is 2. The zero-order valence-corrected chi connectivity index (χ0v) is 9.99. The van der Waals surface area contributed by atoms with Crippen molar-refractivity contribution in [3.63, 3.8) is 0 Å². The lowest BCUT2D eigenvalue weighted by atomic mass is 10.0. The van der Waals surface area contributed by atoms with Crippen LogP contribution in [-0.2, 0) is 9.59 Å². The second-order valence-corrected chi connectivity index (χ2v) is 5.31. The minimum Gasteiger partial charge on any atom is -0.477 e. The highest BCUT2D eigenvalue weighted by molar-refractivity contribution is 8.03. The van der Waals surface area contributed by atoms with E-state index in [-0.39, 0.29) is 17.0 Å². The molecular formula is C10H6N2O3S2. The van der Waals surface area contributed by atoms with Crippen molar-refractivity contribution in [1.82, 2.24) is 9.27 Å². The average Bonchev–Trinajstić information content (AvgIpc) is 2.93. The van der Waals surface area contributed by atoms with E-state index in [4.69, 9.17) is 5.11 Å². The van der Waals surface area contributed by atoms with Crippen molar-refractivity contribution in [2.75, 3.05) is 0 Å². The molecule has 0 unspecified atom stereocenters. The highest BCUT2D eigenvalue weighted by atomic mass is 32.2. The summed E-state index contributed by atoms with van der Waals surface area (Å²) in [5.41, 5.74) is 0.693. The Morgan fingerprint density at radius 3 is 3.06 bits per heavy atom. The lowest BCUT2D eigenvalue weighted by Crippen LogP contribution is -2.51. The van der Waals surface area contributed by atoms with Gasteiger partial charge in [-0.15, -0.1) is 11.8 Å². The number of carbonyl (C=O) groups excluding carboxylic acids is 1. The van der Waals surface area contributed by atoms with Gasteiger partial charge in [0, 0.05) is 16.5 Å². The van der Waals surface area contributed by atoms with E-state index in [0.29, 0.717) is 5.57 Å². The third-order valence-electron chi connectivity index (χ3n) is 2.51. The molecule has 1 N–H and O–H groups in total. The highest BCUT2D eigenvalue weighted by Gasteiger charge is 2.49. The molecule has 1 aromatic heterocycles. The van der Waals surface area contributed by atoms with Crippen LogP contribution < -0.4 is 0 Å². The highest BCUT2D eigenvalue weighted by Crippen LogP contribution is 2.45. The summed E-state index contributed by atoms with van der Waals surface area (Å²) in [7, 11) is 0. The van der Waals surface area contributed by atoms with Crippen LogP contribution in [0, 0.1) is 0 Å². The molecule has 1 fully saturated rings. The van der Waals surface area contributed by atoms with Crippen LogP contribution in [0.1, 0.15) is 4.88 Å². The van der Waals surface area contributed by atoms with E-state index >= 15 is 0 Å². The van der Waals surface area contributed by atoms with Gasteiger partial charge in [0.2, 0.25) is 0 Å². The first-order valence-electron chi connectivity index (χ1n) is 4.73. The van der Waals surface area contributed by atoms with Crippen LogP contribution in [0.25, 0.3) is 6.08 Å². The van der Waals surface area contributed by atoms with Gasteiger partial charge in [0.05, 0.1) is 5.57 Å². The number of carboxylic acids is 1. The molecule has 1 saturated heterocycles. The van der Waals surface area contributed by atoms with Gasteiger partial charge in [0.1, 0.15) is 11.1 Å². The molecule has 0 spiro atoms. The fourth-order valence-corrected chi connectivity index (χ4v) is 3.38. The number of amides is 1. The number of fused-ring (bicyclic) bond motifs is 1. The summed E-state index contributed by atoms with van der Waals surface area (Å²) in [4.78, 5) is 24.9. The molecule has 1 amide bonds. The predicted molar refractivity (Wildman–Crippen MR) is 64.0 cm³/mol. The fourth-order valence-electron chi connectivity index (χ4n) is 1.72. The zero-order chi connectivity index (χ0) is 12.0. The molecule has 0 aliphatic carbocycles. The number of thioether (sulfide) groups is 1. The number of rotatable bonds is 2. The van der Waals surface area contributed by atoms with Crippen molar-refractivity contribution >= 4 is 41.2 Å². The van der Waals surface area contributed by atoms with Crippen molar-refractivity contribution in [2.24, 2.45) is 0 Å². The smallest absolute Gasteiger partial charge is 0.353 e. The summed E-state index contributed by atoms with van der Waals surface area (Å²) in [6.45, 7) is 0. The maximum atomic E-state index is 11.8. The molecule has 0 aromatic carbocycles. The molecule has 0 radical (unpaired) electrons. The average molecular weight is 266 g/mol. The van der Waals surface area contributed by atoms with Gasteiger partial charge in [-0.3, -0.25) is 9.69 Å². The number of carboxylic acid groups (broad SMARTS) is 1. The Labute approximate surface area is 105 Å². The molecule has 1 aromatic rings. The number of hydrogen-bond acceptors (Lipinski definition) is 5. The van der Waals surface area contributed by atoms with Gasteiger partial charge in [-0.1, -0.05) is 0 Å². The summed E-state index contributed by atoms with van der Waals surface area (Å²) in [6, 6.07) is 1.82. The Morgan fingerprint density at radius 1 is 1.59 bits per heavy atom. The molecule has 2 aliphatic heterocycles. The Morgan fingerprint density at radius 2 is 2.41 bits per heavy atom. The summed E-state index contributed by atoms with van der Waals surface area (Å²) < 4.78 is 3.95. The molecule has 2 aliphatic rings. The number of aliphatic carboxylic acids is 1. The van der Waals surface area contributed by atoms with E-state index in [2.05, 4.69) is 4.37 Å². The van der Waals surface area contributed by atoms with Gasteiger partial charge < -0.3 is 5.11 Å². The minimum atomic E-state index is -1.06. The molecular weight excluding hydrogens is 260 g/mol. The number of aromatic nitrogens is 1. The van der Waals surface area contributed by atoms with Crippen LogP contribution in [-0.4, -0.2) is 31.6 Å². The van der Waals surface area contributed by atoms with Gasteiger partial charge in [-0.2, -0.15) is 0 Å². The molecule has 3 rings (SSSR count). The number of β-lactam (4-membered cyclic amide) rings is 1. The summed E-state index contributed by atoms with van der Waals surface area (Å²) in [5, 5.41) is 10.2. The first-order chi connectivity index (χ1) is 8.18. The predicted octanol–water partition coefficient (Wildman–Crippen LogP) is 1.37. The van der Waals surface area contributed by atoms with Crippen LogP contribution in [0.3, 0.4) is 0 Å². The van der Waals surface area contributed by atoms with Gasteiger partial charge in [0.25, 0.3) is 5.91 Å². The van der Waals surface area contributed by atoms with E-state index in [9.17, 15) is 9.59 Å². The standard InChI is InChI=1S/C10H6N2O3S2/c13-8-6(3-5-1-2-11-17-5)9-12(8)7(4-16-9)10(14)15/h1-4,9H,(H,14,15)/t9-/m0/s1. The SMILES string of the molecule is O=C(O)C1=CS[C@H]2C(=Cc3ccns3)C(=O)N12. The lowest BCUT2D eigenvalue weighted by Gasteiger charge is -2.37. The Hall–Kier alpha value is -1.60. The number of carbonyl (C=O) groups is 2. The van der Waals surface area contributed by atoms with Gasteiger partial charge in [-0.25, -0.2) is 9.17 Å². The van der Waals surface area contributed by atoms with E-state index < -0.39 is 5.97 Å². The first kappa shape index (κ1) is 10.5. The van der Waals surface area contributed by atoms with E-state index in [1.165, 1.54) is 33.6 Å². The van der Waals surface area contributed by atoms with Crippen molar-refractivity contribution in [3.05, 3.63) is 33.8 Å². The molecule has 1 atom stereocenters. The molecule has 86 valence electrons. The Kier molecular flexibility index (Phi) is 2.30. The fraction of sp³-hybridized carbons (Fsp3) is 0.100. The molecule has 5 nitrogen and oxygen atoms in total. The quantitative estimate of drug-likeness (QED) is 0.646. The molecule has 3 heterocycles. The maximum Gasteiger partial charge on any atom is 0.353 e. The second kappa shape index (κ2) is 3.71. The van der Waals surface area contributed by atoms with Crippen molar-refractivity contribution in [3.8, 4) is 0 Å². The van der Waals surface area contributed by atoms with Crippen LogP contribution >= 0.6 is 23.3 Å². The van der Waals surface area contributed by atoms with E-state index in [1.807, 2.05) is 6.07 Å². The maximum absolute atomic E-state index is 11.8. The largest absolute Gasteiger partial charge is 0.477 e. The normalized spacial score (nSPS) is 24.6. The lowest BCUT2D eigenvalue weighted by molar-refractivity contribution is -0.141. The van der Waals surface area contributed by atoms with Crippen LogP contribution in [0.5, 0.6) is 0 Å². The van der Waals surface area contributed by atoms with Gasteiger partial charge in [-0.05, 0) is 23.7 Å². The van der Waals surface area contributed by atoms with Crippen molar-refractivity contribution in [2.45, 2.75) is 5.37 Å². The third-order valence-corrected chi connectivity index (χ3v) is 4.28. The first-order valence-corrected chi connectivity index (χ1v) is 6.45. The summed E-state index contributed by atoms with van der Waals surface area (Å²) in [6.07, 6.45) is 3.44. The topological polar surface area (TPSA) is 70.5 Å². The van der Waals surface area contributed by atoms with E-state index in [1.54, 1.807) is 12.3 Å². The molecule has 0 bridgehead atoms. The van der Waals surface area contributed by atoms with Crippen LogP contribution in [0.4, 0.5) is 0 Å². The summed E-state index contributed by atoms with van der Waals surface area (Å²) in [5.74, 6) is -1.30.